The highest BCUT2D eigenvalue weighted by atomic mass is 19.1. The SMILES string of the molecule is CC1CCC(NCc2ccc(-c3ccc(F)cc3)o2)C1C. The van der Waals surface area contributed by atoms with Gasteiger partial charge in [0.2, 0.25) is 0 Å². The van der Waals surface area contributed by atoms with Crippen molar-refractivity contribution in [3.8, 4) is 11.3 Å². The summed E-state index contributed by atoms with van der Waals surface area (Å²) in [5.41, 5.74) is 0.908. The van der Waals surface area contributed by atoms with Gasteiger partial charge in [0.15, 0.2) is 0 Å². The van der Waals surface area contributed by atoms with Crippen molar-refractivity contribution in [2.75, 3.05) is 0 Å². The highest BCUT2D eigenvalue weighted by Gasteiger charge is 2.29. The second-order valence-corrected chi connectivity index (χ2v) is 6.17. The Morgan fingerprint density at radius 3 is 2.52 bits per heavy atom. The molecule has 21 heavy (non-hydrogen) atoms. The molecule has 0 saturated heterocycles. The fourth-order valence-electron chi connectivity index (χ4n) is 3.13. The predicted molar refractivity (Wildman–Crippen MR) is 82.3 cm³/mol. The van der Waals surface area contributed by atoms with E-state index < -0.39 is 0 Å². The van der Waals surface area contributed by atoms with Crippen molar-refractivity contribution in [3.63, 3.8) is 0 Å². The molecule has 1 fully saturated rings. The molecular weight excluding hydrogens is 265 g/mol. The summed E-state index contributed by atoms with van der Waals surface area (Å²) in [7, 11) is 0. The summed E-state index contributed by atoms with van der Waals surface area (Å²) in [5.74, 6) is 3.02. The van der Waals surface area contributed by atoms with Gasteiger partial charge in [-0.1, -0.05) is 13.8 Å². The number of nitrogens with one attached hydrogen (secondary N) is 1. The highest BCUT2D eigenvalue weighted by Crippen LogP contribution is 2.31. The maximum Gasteiger partial charge on any atom is 0.134 e. The van der Waals surface area contributed by atoms with E-state index in [-0.39, 0.29) is 5.82 Å². The van der Waals surface area contributed by atoms with E-state index in [1.807, 2.05) is 12.1 Å². The summed E-state index contributed by atoms with van der Waals surface area (Å²) in [5, 5.41) is 3.60. The molecule has 1 aromatic heterocycles. The Morgan fingerprint density at radius 2 is 1.86 bits per heavy atom. The number of halogens is 1. The molecule has 0 spiro atoms. The first kappa shape index (κ1) is 14.3. The third kappa shape index (κ3) is 3.18. The number of rotatable bonds is 4. The van der Waals surface area contributed by atoms with E-state index in [1.54, 1.807) is 12.1 Å². The van der Waals surface area contributed by atoms with Crippen LogP contribution >= 0.6 is 0 Å². The largest absolute Gasteiger partial charge is 0.460 e. The molecule has 1 aromatic carbocycles. The fourth-order valence-corrected chi connectivity index (χ4v) is 3.13. The van der Waals surface area contributed by atoms with Crippen LogP contribution in [0.4, 0.5) is 4.39 Å². The number of furan rings is 1. The minimum absolute atomic E-state index is 0.225. The molecule has 3 rings (SSSR count). The first-order valence-electron chi connectivity index (χ1n) is 7.71. The third-order valence-electron chi connectivity index (χ3n) is 4.79. The van der Waals surface area contributed by atoms with Crippen molar-refractivity contribution in [2.45, 2.75) is 39.3 Å². The van der Waals surface area contributed by atoms with Crippen molar-refractivity contribution in [3.05, 3.63) is 48.0 Å². The number of hydrogen-bond donors (Lipinski definition) is 1. The number of hydrogen-bond acceptors (Lipinski definition) is 2. The van der Waals surface area contributed by atoms with Crippen molar-refractivity contribution in [1.29, 1.82) is 0 Å². The maximum atomic E-state index is 12.9. The van der Waals surface area contributed by atoms with Crippen LogP contribution in [0.15, 0.2) is 40.8 Å². The van der Waals surface area contributed by atoms with E-state index in [0.717, 1.165) is 35.5 Å². The monoisotopic (exact) mass is 287 g/mol. The molecule has 0 amide bonds. The molecule has 112 valence electrons. The van der Waals surface area contributed by atoms with E-state index in [4.69, 9.17) is 4.42 Å². The standard InChI is InChI=1S/C18H22FNO/c1-12-3-9-17(13(12)2)20-11-16-8-10-18(21-16)14-4-6-15(19)7-5-14/h4-8,10,12-13,17,20H,3,9,11H2,1-2H3. The van der Waals surface area contributed by atoms with Gasteiger partial charge in [-0.25, -0.2) is 4.39 Å². The van der Waals surface area contributed by atoms with Crippen molar-refractivity contribution < 1.29 is 8.81 Å². The van der Waals surface area contributed by atoms with Gasteiger partial charge >= 0.3 is 0 Å². The van der Waals surface area contributed by atoms with Gasteiger partial charge in [0.1, 0.15) is 17.3 Å². The molecule has 3 unspecified atom stereocenters. The Labute approximate surface area is 125 Å². The third-order valence-corrected chi connectivity index (χ3v) is 4.79. The second-order valence-electron chi connectivity index (χ2n) is 6.17. The molecule has 1 aliphatic rings. The fraction of sp³-hybridized carbons (Fsp3) is 0.444. The van der Waals surface area contributed by atoms with Crippen LogP contribution in [0.3, 0.4) is 0 Å². The smallest absolute Gasteiger partial charge is 0.134 e. The molecule has 0 bridgehead atoms. The van der Waals surface area contributed by atoms with Gasteiger partial charge in [-0.15, -0.1) is 0 Å². The molecule has 1 heterocycles. The summed E-state index contributed by atoms with van der Waals surface area (Å²) >= 11 is 0. The lowest BCUT2D eigenvalue weighted by Gasteiger charge is -2.18. The van der Waals surface area contributed by atoms with Gasteiger partial charge in [-0.3, -0.25) is 0 Å². The Hall–Kier alpha value is -1.61. The minimum Gasteiger partial charge on any atom is -0.460 e. The van der Waals surface area contributed by atoms with Gasteiger partial charge in [-0.05, 0) is 61.1 Å². The maximum absolute atomic E-state index is 12.9. The lowest BCUT2D eigenvalue weighted by atomic mass is 9.98. The van der Waals surface area contributed by atoms with Crippen LogP contribution < -0.4 is 5.32 Å². The Balaban J connectivity index is 1.62. The van der Waals surface area contributed by atoms with Gasteiger partial charge in [0.05, 0.1) is 6.54 Å². The van der Waals surface area contributed by atoms with Crippen molar-refractivity contribution in [1.82, 2.24) is 5.32 Å². The zero-order chi connectivity index (χ0) is 14.8. The molecule has 0 aliphatic heterocycles. The summed E-state index contributed by atoms with van der Waals surface area (Å²) in [6.07, 6.45) is 2.55. The molecule has 1 N–H and O–H groups in total. The molecule has 3 heteroatoms. The Bertz CT molecular complexity index is 590. The highest BCUT2D eigenvalue weighted by molar-refractivity contribution is 5.57. The summed E-state index contributed by atoms with van der Waals surface area (Å²) in [6, 6.07) is 10.9. The number of benzene rings is 1. The average molecular weight is 287 g/mol. The van der Waals surface area contributed by atoms with E-state index in [9.17, 15) is 4.39 Å². The molecule has 1 saturated carbocycles. The van der Waals surface area contributed by atoms with Crippen molar-refractivity contribution >= 4 is 0 Å². The van der Waals surface area contributed by atoms with Gasteiger partial charge in [0.25, 0.3) is 0 Å². The molecule has 3 atom stereocenters. The molecule has 0 radical (unpaired) electrons. The van der Waals surface area contributed by atoms with Crippen molar-refractivity contribution in [2.24, 2.45) is 11.8 Å². The zero-order valence-electron chi connectivity index (χ0n) is 12.6. The predicted octanol–water partition coefficient (Wildman–Crippen LogP) is 4.61. The van der Waals surface area contributed by atoms with Crippen LogP contribution in [0.1, 0.15) is 32.4 Å². The molecular formula is C18H22FNO. The Kier molecular flexibility index (Phi) is 4.11. The minimum atomic E-state index is -0.225. The van der Waals surface area contributed by atoms with Crippen LogP contribution in [-0.4, -0.2) is 6.04 Å². The summed E-state index contributed by atoms with van der Waals surface area (Å²) in [4.78, 5) is 0. The summed E-state index contributed by atoms with van der Waals surface area (Å²) in [6.45, 7) is 5.40. The lowest BCUT2D eigenvalue weighted by molar-refractivity contribution is 0.357. The van der Waals surface area contributed by atoms with E-state index in [0.29, 0.717) is 6.04 Å². The van der Waals surface area contributed by atoms with Crippen LogP contribution in [0.5, 0.6) is 0 Å². The quantitative estimate of drug-likeness (QED) is 0.888. The topological polar surface area (TPSA) is 25.2 Å². The van der Waals surface area contributed by atoms with Crippen LogP contribution in [0.25, 0.3) is 11.3 Å². The molecule has 2 aromatic rings. The first-order chi connectivity index (χ1) is 10.1. The van der Waals surface area contributed by atoms with Crippen LogP contribution in [0.2, 0.25) is 0 Å². The summed E-state index contributed by atoms with van der Waals surface area (Å²) < 4.78 is 18.8. The first-order valence-corrected chi connectivity index (χ1v) is 7.71. The van der Waals surface area contributed by atoms with Gasteiger partial charge in [0, 0.05) is 11.6 Å². The average Bonchev–Trinajstić information content (AvgIpc) is 3.07. The lowest BCUT2D eigenvalue weighted by Crippen LogP contribution is -2.31. The normalized spacial score (nSPS) is 25.4. The van der Waals surface area contributed by atoms with E-state index in [2.05, 4.69) is 19.2 Å². The molecule has 1 aliphatic carbocycles. The zero-order valence-corrected chi connectivity index (χ0v) is 12.6. The van der Waals surface area contributed by atoms with E-state index in [1.165, 1.54) is 25.0 Å². The molecule has 2 nitrogen and oxygen atoms in total. The van der Waals surface area contributed by atoms with Crippen LogP contribution in [0, 0.1) is 17.7 Å². The van der Waals surface area contributed by atoms with Gasteiger partial charge in [-0.2, -0.15) is 0 Å². The van der Waals surface area contributed by atoms with E-state index >= 15 is 0 Å². The Morgan fingerprint density at radius 1 is 1.10 bits per heavy atom. The van der Waals surface area contributed by atoms with Crippen LogP contribution in [-0.2, 0) is 6.54 Å². The second kappa shape index (κ2) is 6.02. The van der Waals surface area contributed by atoms with Gasteiger partial charge < -0.3 is 9.73 Å².